The van der Waals surface area contributed by atoms with Crippen molar-refractivity contribution in [2.45, 2.75) is 31.1 Å². The summed E-state index contributed by atoms with van der Waals surface area (Å²) in [5.74, 6) is -0.0409. The Bertz CT molecular complexity index is 1040. The van der Waals surface area contributed by atoms with Crippen molar-refractivity contribution in [3.05, 3.63) is 65.2 Å². The number of anilines is 2. The third-order valence-electron chi connectivity index (χ3n) is 5.77. The Balaban J connectivity index is 1.48. The van der Waals surface area contributed by atoms with Crippen molar-refractivity contribution in [1.82, 2.24) is 25.5 Å². The van der Waals surface area contributed by atoms with E-state index in [1.807, 2.05) is 23.1 Å². The molecule has 9 nitrogen and oxygen atoms in total. The molecule has 3 amide bonds. The smallest absolute Gasteiger partial charge is 0.321 e. The first-order chi connectivity index (χ1) is 15.5. The first kappa shape index (κ1) is 21.8. The van der Waals surface area contributed by atoms with Crippen LogP contribution in [0.1, 0.15) is 31.2 Å². The topological polar surface area (TPSA) is 116 Å². The highest BCUT2D eigenvalue weighted by Crippen LogP contribution is 2.38. The van der Waals surface area contributed by atoms with Gasteiger partial charge in [-0.1, -0.05) is 47.0 Å². The predicted octanol–water partition coefficient (Wildman–Crippen LogP) is 3.84. The molecule has 0 saturated carbocycles. The number of hydrogen-bond donors (Lipinski definition) is 3. The normalized spacial score (nSPS) is 18.2. The summed E-state index contributed by atoms with van der Waals surface area (Å²) in [4.78, 5) is 27.3. The number of likely N-dealkylation sites (tertiary alicyclic amines) is 1. The molecule has 2 aromatic carbocycles. The summed E-state index contributed by atoms with van der Waals surface area (Å²) < 4.78 is 0. The molecular formula is C22H24ClN7O2. The molecule has 1 aromatic heterocycles. The minimum Gasteiger partial charge on any atom is -0.324 e. The number of halogens is 1. The summed E-state index contributed by atoms with van der Waals surface area (Å²) in [6.07, 6.45) is 2.59. The van der Waals surface area contributed by atoms with Gasteiger partial charge < -0.3 is 10.2 Å². The van der Waals surface area contributed by atoms with E-state index >= 15 is 0 Å². The Morgan fingerprint density at radius 1 is 1.09 bits per heavy atom. The molecule has 166 valence electrons. The van der Waals surface area contributed by atoms with Gasteiger partial charge in [-0.15, -0.1) is 5.10 Å². The number of amides is 3. The molecule has 0 spiro atoms. The molecule has 3 aromatic rings. The summed E-state index contributed by atoms with van der Waals surface area (Å²) in [6.45, 7) is 1.18. The monoisotopic (exact) mass is 453 g/mol. The van der Waals surface area contributed by atoms with Crippen LogP contribution in [-0.2, 0) is 10.2 Å². The Labute approximate surface area is 190 Å². The van der Waals surface area contributed by atoms with Crippen LogP contribution in [0.5, 0.6) is 0 Å². The van der Waals surface area contributed by atoms with Gasteiger partial charge in [0.05, 0.1) is 0 Å². The Morgan fingerprint density at radius 2 is 1.88 bits per heavy atom. The van der Waals surface area contributed by atoms with Crippen molar-refractivity contribution in [1.29, 1.82) is 0 Å². The number of rotatable bonds is 6. The van der Waals surface area contributed by atoms with Crippen LogP contribution in [0, 0.1) is 0 Å². The minimum atomic E-state index is -0.328. The van der Waals surface area contributed by atoms with Crippen molar-refractivity contribution < 1.29 is 9.59 Å². The number of nitrogens with zero attached hydrogens (tertiary/aromatic N) is 4. The molecule has 1 aliphatic rings. The number of benzene rings is 2. The number of carbonyl (C=O) groups excluding carboxylic acids is 2. The third kappa shape index (κ3) is 5.23. The van der Waals surface area contributed by atoms with E-state index in [4.69, 9.17) is 11.6 Å². The van der Waals surface area contributed by atoms with Gasteiger partial charge in [-0.2, -0.15) is 5.21 Å². The lowest BCUT2D eigenvalue weighted by atomic mass is 9.71. The van der Waals surface area contributed by atoms with Crippen LogP contribution in [0.25, 0.3) is 0 Å². The second-order valence-electron chi connectivity index (χ2n) is 7.89. The van der Waals surface area contributed by atoms with E-state index in [9.17, 15) is 9.59 Å². The molecule has 0 bridgehead atoms. The fourth-order valence-electron chi connectivity index (χ4n) is 4.17. The number of tetrazole rings is 1. The lowest BCUT2D eigenvalue weighted by Gasteiger charge is -2.43. The van der Waals surface area contributed by atoms with Crippen molar-refractivity contribution in [3.8, 4) is 0 Å². The molecule has 2 heterocycles. The zero-order valence-corrected chi connectivity index (χ0v) is 18.2. The predicted molar refractivity (Wildman–Crippen MR) is 121 cm³/mol. The molecule has 10 heteroatoms. The van der Waals surface area contributed by atoms with Crippen LogP contribution >= 0.6 is 11.6 Å². The van der Waals surface area contributed by atoms with Crippen LogP contribution in [0.3, 0.4) is 0 Å². The summed E-state index contributed by atoms with van der Waals surface area (Å²) in [7, 11) is 0. The van der Waals surface area contributed by atoms with E-state index < -0.39 is 0 Å². The third-order valence-corrected chi connectivity index (χ3v) is 6.02. The van der Waals surface area contributed by atoms with Gasteiger partial charge >= 0.3 is 6.03 Å². The Hall–Kier alpha value is -3.46. The number of piperidine rings is 1. The molecule has 0 radical (unpaired) electrons. The highest BCUT2D eigenvalue weighted by atomic mass is 35.5. The molecule has 1 saturated heterocycles. The molecular weight excluding hydrogens is 430 g/mol. The van der Waals surface area contributed by atoms with E-state index in [0.29, 0.717) is 30.2 Å². The number of aromatic amines is 1. The first-order valence-corrected chi connectivity index (χ1v) is 10.8. The maximum absolute atomic E-state index is 13.0. The molecule has 32 heavy (non-hydrogen) atoms. The largest absolute Gasteiger partial charge is 0.324 e. The van der Waals surface area contributed by atoms with Crippen LogP contribution in [0.4, 0.5) is 16.4 Å². The highest BCUT2D eigenvalue weighted by molar-refractivity contribution is 6.30. The number of aromatic nitrogens is 4. The lowest BCUT2D eigenvalue weighted by molar-refractivity contribution is -0.116. The van der Waals surface area contributed by atoms with E-state index in [1.165, 1.54) is 0 Å². The fraction of sp³-hybridized carbons (Fsp3) is 0.318. The number of hydrogen-bond acceptors (Lipinski definition) is 5. The van der Waals surface area contributed by atoms with Crippen molar-refractivity contribution in [3.63, 3.8) is 0 Å². The van der Waals surface area contributed by atoms with Gasteiger partial charge in [-0.3, -0.25) is 10.1 Å². The van der Waals surface area contributed by atoms with Crippen LogP contribution in [-0.4, -0.2) is 50.6 Å². The van der Waals surface area contributed by atoms with Gasteiger partial charge in [0, 0.05) is 35.6 Å². The number of nitrogens with one attached hydrogen (secondary N) is 3. The number of H-pyrrole nitrogens is 1. The Kier molecular flexibility index (Phi) is 6.65. The average Bonchev–Trinajstić information content (AvgIpc) is 3.33. The van der Waals surface area contributed by atoms with Crippen LogP contribution in [0.2, 0.25) is 5.02 Å². The molecule has 3 N–H and O–H groups in total. The standard InChI is InChI=1S/C22H24ClN7O2/c23-17-7-9-18(10-8-17)24-21(32)30-14-4-12-22(15-30,16-5-2-1-3-6-16)13-11-19(31)25-20-26-28-29-27-20/h1-3,5-10H,4,11-15H2,(H,24,32)(H2,25,26,27,28,29,31). The maximum Gasteiger partial charge on any atom is 0.321 e. The molecule has 1 aliphatic heterocycles. The molecule has 1 unspecified atom stereocenters. The zero-order valence-electron chi connectivity index (χ0n) is 17.4. The second kappa shape index (κ2) is 9.78. The molecule has 0 aliphatic carbocycles. The van der Waals surface area contributed by atoms with E-state index in [-0.39, 0.29) is 29.7 Å². The molecule has 1 fully saturated rings. The summed E-state index contributed by atoms with van der Waals surface area (Å²) >= 11 is 5.94. The quantitative estimate of drug-likeness (QED) is 0.524. The zero-order chi connectivity index (χ0) is 22.4. The summed E-state index contributed by atoms with van der Waals surface area (Å²) in [6, 6.07) is 16.9. The molecule has 1 atom stereocenters. The lowest BCUT2D eigenvalue weighted by Crippen LogP contribution is -2.50. The van der Waals surface area contributed by atoms with Gasteiger partial charge in [-0.25, -0.2) is 4.79 Å². The maximum atomic E-state index is 13.0. The number of carbonyl (C=O) groups is 2. The Morgan fingerprint density at radius 3 is 2.59 bits per heavy atom. The summed E-state index contributed by atoms with van der Waals surface area (Å²) in [5.41, 5.74) is 1.48. The second-order valence-corrected chi connectivity index (χ2v) is 8.33. The van der Waals surface area contributed by atoms with E-state index in [2.05, 4.69) is 43.4 Å². The van der Waals surface area contributed by atoms with E-state index in [0.717, 1.165) is 18.4 Å². The first-order valence-electron chi connectivity index (χ1n) is 10.4. The van der Waals surface area contributed by atoms with Crippen LogP contribution < -0.4 is 10.6 Å². The minimum absolute atomic E-state index is 0.149. The van der Waals surface area contributed by atoms with Gasteiger partial charge in [-0.05, 0) is 54.3 Å². The SMILES string of the molecule is O=C(CCC1(c2ccccc2)CCCN(C(=O)Nc2ccc(Cl)cc2)C1)Nc1nn[nH]n1. The fourth-order valence-corrected chi connectivity index (χ4v) is 4.30. The van der Waals surface area contributed by atoms with Crippen molar-refractivity contribution in [2.75, 3.05) is 23.7 Å². The molecule has 4 rings (SSSR count). The van der Waals surface area contributed by atoms with Crippen molar-refractivity contribution >= 4 is 35.2 Å². The van der Waals surface area contributed by atoms with Gasteiger partial charge in [0.15, 0.2) is 0 Å². The van der Waals surface area contributed by atoms with Gasteiger partial charge in [0.1, 0.15) is 0 Å². The van der Waals surface area contributed by atoms with Crippen LogP contribution in [0.15, 0.2) is 54.6 Å². The summed E-state index contributed by atoms with van der Waals surface area (Å²) in [5, 5.41) is 19.5. The van der Waals surface area contributed by atoms with Crippen molar-refractivity contribution in [2.24, 2.45) is 0 Å². The van der Waals surface area contributed by atoms with Gasteiger partial charge in [0.2, 0.25) is 5.91 Å². The number of urea groups is 1. The average molecular weight is 454 g/mol. The van der Waals surface area contributed by atoms with E-state index in [1.54, 1.807) is 24.3 Å². The van der Waals surface area contributed by atoms with Gasteiger partial charge in [0.25, 0.3) is 5.95 Å². The highest BCUT2D eigenvalue weighted by Gasteiger charge is 2.39.